The van der Waals surface area contributed by atoms with E-state index in [-0.39, 0.29) is 18.3 Å². The average Bonchev–Trinajstić information content (AvgIpc) is 3.03. The smallest absolute Gasteiger partial charge is 0.270 e. The van der Waals surface area contributed by atoms with Gasteiger partial charge in [-0.3, -0.25) is 4.79 Å². The number of aromatic nitrogens is 1. The van der Waals surface area contributed by atoms with Crippen LogP contribution >= 0.6 is 23.7 Å². The molecule has 23 heavy (non-hydrogen) atoms. The number of nitrogens with zero attached hydrogens (tertiary/aromatic N) is 1. The lowest BCUT2D eigenvalue weighted by Crippen LogP contribution is -2.26. The normalized spacial score (nSPS) is 9.87. The molecule has 0 fully saturated rings. The van der Waals surface area contributed by atoms with E-state index in [4.69, 9.17) is 15.2 Å². The molecule has 1 aromatic carbocycles. The van der Waals surface area contributed by atoms with Gasteiger partial charge in [0.2, 0.25) is 0 Å². The SMILES string of the molecule is COc1ccc(CCNC(=O)c2csc(CN)n2)cc1OC.Cl. The van der Waals surface area contributed by atoms with Gasteiger partial charge < -0.3 is 20.5 Å². The van der Waals surface area contributed by atoms with Gasteiger partial charge in [-0.2, -0.15) is 0 Å². The Labute approximate surface area is 145 Å². The van der Waals surface area contributed by atoms with Crippen LogP contribution in [0.1, 0.15) is 21.1 Å². The first-order valence-corrected chi connectivity index (χ1v) is 7.69. The van der Waals surface area contributed by atoms with Crippen molar-refractivity contribution in [3.05, 3.63) is 39.8 Å². The van der Waals surface area contributed by atoms with Crippen molar-refractivity contribution in [3.63, 3.8) is 0 Å². The number of benzene rings is 1. The van der Waals surface area contributed by atoms with Crippen molar-refractivity contribution in [2.45, 2.75) is 13.0 Å². The number of carbonyl (C=O) groups is 1. The molecule has 2 rings (SSSR count). The van der Waals surface area contributed by atoms with Crippen molar-refractivity contribution in [1.29, 1.82) is 0 Å². The second-order valence-corrected chi connectivity index (χ2v) is 5.47. The number of ether oxygens (including phenoxy) is 2. The fraction of sp³-hybridized carbons (Fsp3) is 0.333. The zero-order valence-corrected chi connectivity index (χ0v) is 14.6. The Morgan fingerprint density at radius 2 is 2.04 bits per heavy atom. The molecule has 3 N–H and O–H groups in total. The van der Waals surface area contributed by atoms with Crippen molar-refractivity contribution >= 4 is 29.7 Å². The van der Waals surface area contributed by atoms with Crippen molar-refractivity contribution in [1.82, 2.24) is 10.3 Å². The summed E-state index contributed by atoms with van der Waals surface area (Å²) in [6, 6.07) is 5.70. The molecule has 8 heteroatoms. The average molecular weight is 358 g/mol. The molecule has 0 saturated heterocycles. The summed E-state index contributed by atoms with van der Waals surface area (Å²) in [6.07, 6.45) is 0.694. The molecule has 1 heterocycles. The molecule has 6 nitrogen and oxygen atoms in total. The highest BCUT2D eigenvalue weighted by Crippen LogP contribution is 2.27. The molecule has 0 unspecified atom stereocenters. The summed E-state index contributed by atoms with van der Waals surface area (Å²) in [4.78, 5) is 16.1. The molecule has 126 valence electrons. The van der Waals surface area contributed by atoms with Gasteiger partial charge in [0.1, 0.15) is 10.7 Å². The fourth-order valence-electron chi connectivity index (χ4n) is 1.96. The quantitative estimate of drug-likeness (QED) is 0.791. The number of methoxy groups -OCH3 is 2. The maximum absolute atomic E-state index is 11.9. The number of hydrogen-bond donors (Lipinski definition) is 2. The maximum Gasteiger partial charge on any atom is 0.270 e. The standard InChI is InChI=1S/C15H19N3O3S.ClH/c1-20-12-4-3-10(7-13(12)21-2)5-6-17-15(19)11-9-22-14(8-16)18-11;/h3-4,7,9H,5-6,8,16H2,1-2H3,(H,17,19);1H. The zero-order valence-electron chi connectivity index (χ0n) is 13.0. The molecular formula is C15H20ClN3O3S. The molecule has 0 spiro atoms. The lowest BCUT2D eigenvalue weighted by atomic mass is 10.1. The summed E-state index contributed by atoms with van der Waals surface area (Å²) in [5.74, 6) is 1.18. The van der Waals surface area contributed by atoms with Crippen molar-refractivity contribution in [3.8, 4) is 11.5 Å². The van der Waals surface area contributed by atoms with E-state index in [2.05, 4.69) is 10.3 Å². The van der Waals surface area contributed by atoms with Crippen LogP contribution in [0.4, 0.5) is 0 Å². The molecule has 0 aliphatic rings. The summed E-state index contributed by atoms with van der Waals surface area (Å²) >= 11 is 1.39. The highest BCUT2D eigenvalue weighted by Gasteiger charge is 2.10. The van der Waals surface area contributed by atoms with Gasteiger partial charge >= 0.3 is 0 Å². The topological polar surface area (TPSA) is 86.5 Å². The Morgan fingerprint density at radius 1 is 1.30 bits per heavy atom. The Balaban J connectivity index is 0.00000264. The predicted octanol–water partition coefficient (Wildman–Crippen LogP) is 2.01. The van der Waals surface area contributed by atoms with Crippen LogP contribution in [0.15, 0.2) is 23.6 Å². The Morgan fingerprint density at radius 3 is 2.65 bits per heavy atom. The van der Waals surface area contributed by atoms with Gasteiger partial charge in [0.15, 0.2) is 11.5 Å². The van der Waals surface area contributed by atoms with Crippen LogP contribution in [0.2, 0.25) is 0 Å². The van der Waals surface area contributed by atoms with Gasteiger partial charge in [-0.15, -0.1) is 23.7 Å². The minimum absolute atomic E-state index is 0. The van der Waals surface area contributed by atoms with Crippen LogP contribution in [-0.4, -0.2) is 31.7 Å². The van der Waals surface area contributed by atoms with Crippen molar-refractivity contribution in [2.24, 2.45) is 5.73 Å². The van der Waals surface area contributed by atoms with E-state index in [1.165, 1.54) is 11.3 Å². The van der Waals surface area contributed by atoms with Crippen molar-refractivity contribution in [2.75, 3.05) is 20.8 Å². The summed E-state index contributed by atoms with van der Waals surface area (Å²) in [7, 11) is 3.20. The number of thiazole rings is 1. The van der Waals surface area contributed by atoms with Crippen LogP contribution in [0.3, 0.4) is 0 Å². The molecule has 0 saturated carbocycles. The van der Waals surface area contributed by atoms with E-state index in [9.17, 15) is 4.79 Å². The van der Waals surface area contributed by atoms with Crippen LogP contribution in [-0.2, 0) is 13.0 Å². The first-order chi connectivity index (χ1) is 10.7. The summed E-state index contributed by atoms with van der Waals surface area (Å²) in [5, 5.41) is 5.31. The number of rotatable bonds is 7. The molecule has 2 aromatic rings. The number of amides is 1. The molecule has 0 aliphatic carbocycles. The number of nitrogens with one attached hydrogen (secondary N) is 1. The highest BCUT2D eigenvalue weighted by atomic mass is 35.5. The monoisotopic (exact) mass is 357 g/mol. The minimum Gasteiger partial charge on any atom is -0.493 e. The van der Waals surface area contributed by atoms with E-state index in [0.29, 0.717) is 36.7 Å². The third-order valence-corrected chi connectivity index (χ3v) is 3.98. The van der Waals surface area contributed by atoms with Gasteiger partial charge in [0.05, 0.1) is 14.2 Å². The van der Waals surface area contributed by atoms with E-state index in [1.807, 2.05) is 18.2 Å². The van der Waals surface area contributed by atoms with Gasteiger partial charge in [0.25, 0.3) is 5.91 Å². The van der Waals surface area contributed by atoms with Crippen LogP contribution in [0, 0.1) is 0 Å². The van der Waals surface area contributed by atoms with E-state index in [0.717, 1.165) is 10.6 Å². The second-order valence-electron chi connectivity index (χ2n) is 4.53. The first-order valence-electron chi connectivity index (χ1n) is 6.81. The maximum atomic E-state index is 11.9. The lowest BCUT2D eigenvalue weighted by molar-refractivity contribution is 0.0949. The largest absolute Gasteiger partial charge is 0.493 e. The summed E-state index contributed by atoms with van der Waals surface area (Å²) < 4.78 is 10.4. The Kier molecular flexibility index (Phi) is 7.80. The number of nitrogens with two attached hydrogens (primary N) is 1. The molecule has 0 radical (unpaired) electrons. The molecule has 0 aliphatic heterocycles. The Bertz CT molecular complexity index is 649. The highest BCUT2D eigenvalue weighted by molar-refractivity contribution is 7.09. The van der Waals surface area contributed by atoms with E-state index >= 15 is 0 Å². The second kappa shape index (κ2) is 9.34. The molecular weight excluding hydrogens is 338 g/mol. The number of hydrogen-bond acceptors (Lipinski definition) is 6. The summed E-state index contributed by atoms with van der Waals surface area (Å²) in [6.45, 7) is 0.868. The molecule has 1 aromatic heterocycles. The summed E-state index contributed by atoms with van der Waals surface area (Å²) in [5.41, 5.74) is 6.95. The van der Waals surface area contributed by atoms with Gasteiger partial charge in [-0.25, -0.2) is 4.98 Å². The van der Waals surface area contributed by atoms with E-state index in [1.54, 1.807) is 19.6 Å². The number of halogens is 1. The van der Waals surface area contributed by atoms with Gasteiger partial charge in [-0.1, -0.05) is 6.07 Å². The minimum atomic E-state index is -0.184. The predicted molar refractivity (Wildman–Crippen MR) is 92.8 cm³/mol. The third-order valence-electron chi connectivity index (χ3n) is 3.11. The molecule has 1 amide bonds. The zero-order chi connectivity index (χ0) is 15.9. The lowest BCUT2D eigenvalue weighted by Gasteiger charge is -2.09. The number of carbonyl (C=O) groups excluding carboxylic acids is 1. The van der Waals surface area contributed by atoms with Gasteiger partial charge in [-0.05, 0) is 24.1 Å². The van der Waals surface area contributed by atoms with Crippen LogP contribution < -0.4 is 20.5 Å². The molecule has 0 bridgehead atoms. The third kappa shape index (κ3) is 5.09. The van der Waals surface area contributed by atoms with Crippen molar-refractivity contribution < 1.29 is 14.3 Å². The van der Waals surface area contributed by atoms with Gasteiger partial charge in [0, 0.05) is 18.5 Å². The molecule has 0 atom stereocenters. The Hall–Kier alpha value is -1.83. The van der Waals surface area contributed by atoms with Crippen LogP contribution in [0.25, 0.3) is 0 Å². The van der Waals surface area contributed by atoms with E-state index < -0.39 is 0 Å². The fourth-order valence-corrected chi connectivity index (χ4v) is 2.61. The van der Waals surface area contributed by atoms with Crippen LogP contribution in [0.5, 0.6) is 11.5 Å². The first kappa shape index (κ1) is 19.2.